The van der Waals surface area contributed by atoms with E-state index < -0.39 is 5.60 Å². The van der Waals surface area contributed by atoms with Crippen LogP contribution in [0.25, 0.3) is 21.8 Å². The number of ether oxygens (including phenoxy) is 1. The highest BCUT2D eigenvalue weighted by molar-refractivity contribution is 6.00. The van der Waals surface area contributed by atoms with Gasteiger partial charge in [-0.2, -0.15) is 0 Å². The number of esters is 1. The van der Waals surface area contributed by atoms with E-state index in [0.29, 0.717) is 5.69 Å². The summed E-state index contributed by atoms with van der Waals surface area (Å²) in [6.07, 6.45) is 6.07. The Morgan fingerprint density at radius 1 is 0.763 bits per heavy atom. The summed E-state index contributed by atoms with van der Waals surface area (Å²) in [6, 6.07) is 21.0. The number of unbranched alkanes of at least 4 members (excludes halogenated alkanes) is 2. The summed E-state index contributed by atoms with van der Waals surface area (Å²) in [4.78, 5) is 18.1. The Kier molecular flexibility index (Phi) is 6.10. The average molecular weight is 506 g/mol. The average Bonchev–Trinajstić information content (AvgIpc) is 3.50. The van der Waals surface area contributed by atoms with Crippen molar-refractivity contribution in [1.29, 1.82) is 0 Å². The van der Waals surface area contributed by atoms with Crippen LogP contribution in [0.15, 0.2) is 66.9 Å². The van der Waals surface area contributed by atoms with Crippen LogP contribution in [0.1, 0.15) is 78.1 Å². The van der Waals surface area contributed by atoms with Gasteiger partial charge in [-0.25, -0.2) is 9.78 Å². The van der Waals surface area contributed by atoms with Crippen molar-refractivity contribution in [1.82, 2.24) is 14.1 Å². The molecule has 0 saturated carbocycles. The van der Waals surface area contributed by atoms with Crippen molar-refractivity contribution < 1.29 is 9.53 Å². The van der Waals surface area contributed by atoms with Crippen molar-refractivity contribution >= 4 is 27.8 Å². The second kappa shape index (κ2) is 9.46. The molecule has 0 amide bonds. The van der Waals surface area contributed by atoms with E-state index in [4.69, 9.17) is 4.74 Å². The summed E-state index contributed by atoms with van der Waals surface area (Å²) in [7, 11) is 0. The lowest BCUT2D eigenvalue weighted by molar-refractivity contribution is 0.0253. The summed E-state index contributed by atoms with van der Waals surface area (Å²) in [5.41, 5.74) is 6.85. The van der Waals surface area contributed by atoms with E-state index in [1.807, 2.05) is 12.1 Å². The van der Waals surface area contributed by atoms with E-state index in [1.165, 1.54) is 11.0 Å². The molecule has 5 heteroatoms. The van der Waals surface area contributed by atoms with Gasteiger partial charge in [0.15, 0.2) is 11.3 Å². The van der Waals surface area contributed by atoms with Crippen molar-refractivity contribution in [2.45, 2.75) is 72.1 Å². The molecule has 0 fully saturated rings. The minimum Gasteiger partial charge on any atom is -0.439 e. The topological polar surface area (TPSA) is 49.0 Å². The normalized spacial score (nSPS) is 14.4. The fourth-order valence-corrected chi connectivity index (χ4v) is 6.55. The number of cyclic esters (lactones) is 1. The molecule has 1 aliphatic heterocycles. The maximum atomic E-state index is 13.6. The Bertz CT molecular complexity index is 1580. The molecule has 0 bridgehead atoms. The number of nitrogens with zero attached hydrogens (tertiary/aromatic N) is 3. The van der Waals surface area contributed by atoms with E-state index in [2.05, 4.69) is 90.3 Å². The molecule has 2 aromatic carbocycles. The zero-order valence-electron chi connectivity index (χ0n) is 22.8. The van der Waals surface area contributed by atoms with Gasteiger partial charge in [0.1, 0.15) is 0 Å². The Morgan fingerprint density at radius 3 is 1.82 bits per heavy atom. The summed E-state index contributed by atoms with van der Waals surface area (Å²) < 4.78 is 11.5. The number of aromatic nitrogens is 3. The van der Waals surface area contributed by atoms with Crippen LogP contribution in [-0.2, 0) is 23.4 Å². The van der Waals surface area contributed by atoms with Gasteiger partial charge in [-0.05, 0) is 44.9 Å². The van der Waals surface area contributed by atoms with Gasteiger partial charge in [0, 0.05) is 69.2 Å². The van der Waals surface area contributed by atoms with Gasteiger partial charge in [0.25, 0.3) is 0 Å². The molecule has 0 aliphatic carbocycles. The zero-order chi connectivity index (χ0) is 26.4. The molecule has 1 aliphatic rings. The number of para-hydroxylation sites is 2. The molecule has 5 nitrogen and oxygen atoms in total. The number of pyridine rings is 1. The minimum atomic E-state index is -1.09. The zero-order valence-corrected chi connectivity index (χ0v) is 22.8. The van der Waals surface area contributed by atoms with Gasteiger partial charge < -0.3 is 13.9 Å². The monoisotopic (exact) mass is 505 g/mol. The number of carbonyl (C=O) groups is 1. The van der Waals surface area contributed by atoms with Crippen molar-refractivity contribution in [3.05, 3.63) is 101 Å². The second-order valence-electron chi connectivity index (χ2n) is 10.4. The molecule has 38 heavy (non-hydrogen) atoms. The smallest absolute Gasteiger partial charge is 0.358 e. The predicted molar refractivity (Wildman–Crippen MR) is 153 cm³/mol. The summed E-state index contributed by atoms with van der Waals surface area (Å²) in [5.74, 6) is -0.366. The molecule has 5 aromatic rings. The Balaban J connectivity index is 1.78. The van der Waals surface area contributed by atoms with Crippen LogP contribution in [0.4, 0.5) is 0 Å². The maximum absolute atomic E-state index is 13.6. The lowest BCUT2D eigenvalue weighted by Gasteiger charge is -2.31. The molecule has 0 N–H and O–H groups in total. The fourth-order valence-electron chi connectivity index (χ4n) is 6.55. The number of benzene rings is 2. The van der Waals surface area contributed by atoms with Gasteiger partial charge >= 0.3 is 5.97 Å². The lowest BCUT2D eigenvalue weighted by atomic mass is 9.78. The molecule has 0 unspecified atom stereocenters. The molecular formula is C33H35N3O2. The first-order valence-electron chi connectivity index (χ1n) is 13.9. The van der Waals surface area contributed by atoms with E-state index in [-0.39, 0.29) is 5.97 Å². The Labute approximate surface area is 224 Å². The van der Waals surface area contributed by atoms with E-state index >= 15 is 0 Å². The van der Waals surface area contributed by atoms with Gasteiger partial charge in [-0.3, -0.25) is 0 Å². The number of hydrogen-bond donors (Lipinski definition) is 0. The number of aryl methyl sites for hydroxylation is 2. The number of carbonyl (C=O) groups excluding carboxylic acids is 1. The highest BCUT2D eigenvalue weighted by Crippen LogP contribution is 2.53. The molecule has 194 valence electrons. The van der Waals surface area contributed by atoms with E-state index in [0.717, 1.165) is 77.6 Å². The van der Waals surface area contributed by atoms with Gasteiger partial charge in [-0.1, -0.05) is 69.2 Å². The van der Waals surface area contributed by atoms with Crippen molar-refractivity contribution in [2.75, 3.05) is 0 Å². The highest BCUT2D eigenvalue weighted by Gasteiger charge is 2.54. The third-order valence-corrected chi connectivity index (χ3v) is 8.26. The van der Waals surface area contributed by atoms with Gasteiger partial charge in [0.2, 0.25) is 0 Å². The lowest BCUT2D eigenvalue weighted by Crippen LogP contribution is -2.31. The van der Waals surface area contributed by atoms with Crippen LogP contribution in [0, 0.1) is 13.8 Å². The summed E-state index contributed by atoms with van der Waals surface area (Å²) in [6.45, 7) is 10.6. The van der Waals surface area contributed by atoms with Crippen LogP contribution in [0.3, 0.4) is 0 Å². The molecule has 0 spiro atoms. The van der Waals surface area contributed by atoms with Gasteiger partial charge in [-0.15, -0.1) is 0 Å². The first-order valence-corrected chi connectivity index (χ1v) is 13.9. The van der Waals surface area contributed by atoms with Crippen LogP contribution in [0.2, 0.25) is 0 Å². The second-order valence-corrected chi connectivity index (χ2v) is 10.4. The van der Waals surface area contributed by atoms with Crippen molar-refractivity contribution in [2.24, 2.45) is 0 Å². The molecule has 3 aromatic heterocycles. The predicted octanol–water partition coefficient (Wildman–Crippen LogP) is 7.67. The largest absolute Gasteiger partial charge is 0.439 e. The maximum Gasteiger partial charge on any atom is 0.358 e. The molecule has 6 rings (SSSR count). The minimum absolute atomic E-state index is 0.366. The highest BCUT2D eigenvalue weighted by atomic mass is 16.6. The standard InChI is InChI=1S/C33H35N3O2/c1-5-7-20-35-22(3)29(24-14-9-11-17-27(24)35)33(26-16-13-19-34-31(26)32(37)38-33)30-23(4)36(21-8-6-2)28-18-12-10-15-25(28)30/h9-19H,5-8,20-21H2,1-4H3. The first kappa shape index (κ1) is 24.5. The third kappa shape index (κ3) is 3.37. The third-order valence-electron chi connectivity index (χ3n) is 8.26. The summed E-state index contributed by atoms with van der Waals surface area (Å²) in [5, 5.41) is 2.24. The van der Waals surface area contributed by atoms with Crippen molar-refractivity contribution in [3.8, 4) is 0 Å². The van der Waals surface area contributed by atoms with Crippen LogP contribution in [0.5, 0.6) is 0 Å². The Morgan fingerprint density at radius 2 is 1.29 bits per heavy atom. The molecular weight excluding hydrogens is 470 g/mol. The van der Waals surface area contributed by atoms with Crippen LogP contribution in [-0.4, -0.2) is 20.1 Å². The van der Waals surface area contributed by atoms with E-state index in [1.54, 1.807) is 6.20 Å². The van der Waals surface area contributed by atoms with E-state index in [9.17, 15) is 4.79 Å². The Hall–Kier alpha value is -3.86. The number of fused-ring (bicyclic) bond motifs is 3. The van der Waals surface area contributed by atoms with Crippen molar-refractivity contribution in [3.63, 3.8) is 0 Å². The SMILES string of the molecule is CCCCn1c(C)c(C2(c3c(C)n(CCCC)c4ccccc34)OC(=O)c3ncccc32)c2ccccc21. The van der Waals surface area contributed by atoms with Crippen LogP contribution >= 0.6 is 0 Å². The van der Waals surface area contributed by atoms with Gasteiger partial charge in [0.05, 0.1) is 0 Å². The number of rotatable bonds is 8. The first-order chi connectivity index (χ1) is 18.5. The molecule has 0 saturated heterocycles. The summed E-state index contributed by atoms with van der Waals surface area (Å²) >= 11 is 0. The van der Waals surface area contributed by atoms with Crippen LogP contribution < -0.4 is 0 Å². The molecule has 0 radical (unpaired) electrons. The fraction of sp³-hybridized carbons (Fsp3) is 0.333. The molecule has 0 atom stereocenters. The quantitative estimate of drug-likeness (QED) is 0.203. The number of hydrogen-bond acceptors (Lipinski definition) is 3. The molecule has 4 heterocycles.